The van der Waals surface area contributed by atoms with Crippen molar-refractivity contribution in [1.82, 2.24) is 14.5 Å². The fourth-order valence-electron chi connectivity index (χ4n) is 3.90. The summed E-state index contributed by atoms with van der Waals surface area (Å²) in [6.07, 6.45) is 0. The molecule has 0 atom stereocenters. The number of aryl methyl sites for hydroxylation is 2. The van der Waals surface area contributed by atoms with Crippen molar-refractivity contribution in [2.45, 2.75) is 13.5 Å². The Hall–Kier alpha value is -2.95. The van der Waals surface area contributed by atoms with E-state index in [1.54, 1.807) is 38.2 Å². The quantitative estimate of drug-likeness (QED) is 0.603. The van der Waals surface area contributed by atoms with Crippen molar-refractivity contribution < 1.29 is 4.39 Å². The second-order valence-electron chi connectivity index (χ2n) is 7.55. The molecule has 0 N–H and O–H groups in total. The van der Waals surface area contributed by atoms with Gasteiger partial charge in [-0.1, -0.05) is 23.7 Å². The minimum atomic E-state index is -0.346. The fraction of sp³-hybridized carbons (Fsp3) is 0.318. The lowest BCUT2D eigenvalue weighted by Crippen LogP contribution is -2.47. The fourth-order valence-corrected chi connectivity index (χ4v) is 4.05. The first-order valence-corrected chi connectivity index (χ1v) is 10.1. The Labute approximate surface area is 178 Å². The lowest BCUT2D eigenvalue weighted by molar-refractivity contribution is 0.249. The van der Waals surface area contributed by atoms with Crippen molar-refractivity contribution in [3.63, 3.8) is 0 Å². The second kappa shape index (κ2) is 8.05. The molecule has 0 saturated carbocycles. The monoisotopic (exact) mass is 425 g/mol. The van der Waals surface area contributed by atoms with Crippen LogP contribution in [0.3, 0.4) is 0 Å². The Bertz CT molecular complexity index is 1220. The number of piperazine rings is 1. The first kappa shape index (κ1) is 20.3. The topological polar surface area (TPSA) is 65.2 Å². The summed E-state index contributed by atoms with van der Waals surface area (Å²) in [4.78, 5) is 21.4. The number of rotatable bonds is 3. The number of nitriles is 1. The Balaban J connectivity index is 1.62. The van der Waals surface area contributed by atoms with Gasteiger partial charge in [0.05, 0.1) is 11.2 Å². The highest BCUT2D eigenvalue weighted by Gasteiger charge is 2.25. The van der Waals surface area contributed by atoms with Gasteiger partial charge in [-0.3, -0.25) is 9.69 Å². The van der Waals surface area contributed by atoms with Gasteiger partial charge >= 0.3 is 0 Å². The number of pyridine rings is 2. The van der Waals surface area contributed by atoms with Gasteiger partial charge in [-0.05, 0) is 36.2 Å². The molecule has 0 unspecified atom stereocenters. The van der Waals surface area contributed by atoms with Crippen LogP contribution in [-0.4, -0.2) is 40.6 Å². The van der Waals surface area contributed by atoms with Crippen LogP contribution in [0.4, 0.5) is 10.1 Å². The normalized spacial score (nSPS) is 14.8. The van der Waals surface area contributed by atoms with Gasteiger partial charge in [-0.15, -0.1) is 0 Å². The van der Waals surface area contributed by atoms with Crippen molar-refractivity contribution in [3.8, 4) is 6.07 Å². The van der Waals surface area contributed by atoms with Crippen LogP contribution in [0.5, 0.6) is 0 Å². The maximum atomic E-state index is 13.8. The van der Waals surface area contributed by atoms with Gasteiger partial charge in [0, 0.05) is 39.8 Å². The van der Waals surface area contributed by atoms with E-state index in [0.29, 0.717) is 47.1 Å². The average Bonchev–Trinajstić information content (AvgIpc) is 2.74. The van der Waals surface area contributed by atoms with E-state index < -0.39 is 0 Å². The first-order chi connectivity index (χ1) is 14.4. The molecule has 8 heteroatoms. The maximum absolute atomic E-state index is 13.8. The summed E-state index contributed by atoms with van der Waals surface area (Å²) in [7, 11) is 1.63. The molecular weight excluding hydrogens is 405 g/mol. The third-order valence-electron chi connectivity index (χ3n) is 5.62. The van der Waals surface area contributed by atoms with Crippen molar-refractivity contribution in [2.24, 2.45) is 7.05 Å². The Morgan fingerprint density at radius 2 is 1.93 bits per heavy atom. The molecule has 0 bridgehead atoms. The molecule has 1 fully saturated rings. The van der Waals surface area contributed by atoms with Crippen LogP contribution in [-0.2, 0) is 13.6 Å². The van der Waals surface area contributed by atoms with E-state index in [0.717, 1.165) is 18.7 Å². The predicted octanol–water partition coefficient (Wildman–Crippen LogP) is 3.23. The molecule has 2 aromatic heterocycles. The molecule has 1 saturated heterocycles. The smallest absolute Gasteiger partial charge is 0.270 e. The van der Waals surface area contributed by atoms with E-state index in [1.807, 2.05) is 11.0 Å². The van der Waals surface area contributed by atoms with Gasteiger partial charge in [0.25, 0.3) is 5.56 Å². The van der Waals surface area contributed by atoms with Crippen LogP contribution in [0.2, 0.25) is 5.15 Å². The Kier molecular flexibility index (Phi) is 5.46. The molecule has 0 radical (unpaired) electrons. The summed E-state index contributed by atoms with van der Waals surface area (Å²) in [5, 5.41) is 9.99. The lowest BCUT2D eigenvalue weighted by Gasteiger charge is -2.36. The van der Waals surface area contributed by atoms with E-state index in [1.165, 1.54) is 4.57 Å². The van der Waals surface area contributed by atoms with Crippen LogP contribution in [0.15, 0.2) is 35.1 Å². The number of halogens is 2. The molecule has 1 aliphatic heterocycles. The molecule has 1 aliphatic rings. The van der Waals surface area contributed by atoms with Crippen LogP contribution >= 0.6 is 11.6 Å². The van der Waals surface area contributed by atoms with Crippen LogP contribution in [0.25, 0.3) is 11.0 Å². The summed E-state index contributed by atoms with van der Waals surface area (Å²) in [6.45, 7) is 5.09. The van der Waals surface area contributed by atoms with E-state index in [2.05, 4.69) is 16.0 Å². The number of anilines is 1. The molecule has 0 amide bonds. The first-order valence-electron chi connectivity index (χ1n) is 9.70. The van der Waals surface area contributed by atoms with Gasteiger partial charge in [0.15, 0.2) is 0 Å². The highest BCUT2D eigenvalue weighted by Crippen LogP contribution is 2.29. The molecule has 4 rings (SSSR count). The number of hydrogen-bond donors (Lipinski definition) is 0. The second-order valence-corrected chi connectivity index (χ2v) is 7.94. The zero-order chi connectivity index (χ0) is 21.4. The van der Waals surface area contributed by atoms with Crippen molar-refractivity contribution >= 4 is 28.3 Å². The molecule has 3 heterocycles. The molecule has 0 aliphatic carbocycles. The molecule has 1 aromatic carbocycles. The largest absolute Gasteiger partial charge is 0.366 e. The van der Waals surface area contributed by atoms with Crippen molar-refractivity contribution in [3.05, 3.63) is 68.3 Å². The number of aromatic nitrogens is 2. The van der Waals surface area contributed by atoms with Gasteiger partial charge in [-0.2, -0.15) is 5.26 Å². The maximum Gasteiger partial charge on any atom is 0.270 e. The third kappa shape index (κ3) is 3.64. The Morgan fingerprint density at radius 3 is 2.60 bits per heavy atom. The zero-order valence-corrected chi connectivity index (χ0v) is 17.6. The van der Waals surface area contributed by atoms with Crippen LogP contribution < -0.4 is 10.5 Å². The zero-order valence-electron chi connectivity index (χ0n) is 16.8. The highest BCUT2D eigenvalue weighted by molar-refractivity contribution is 6.29. The summed E-state index contributed by atoms with van der Waals surface area (Å²) < 4.78 is 15.3. The molecule has 154 valence electrons. The third-order valence-corrected chi connectivity index (χ3v) is 5.83. The molecule has 0 spiro atoms. The van der Waals surface area contributed by atoms with E-state index in [9.17, 15) is 14.4 Å². The standard InChI is InChI=1S/C22H21ClFN5O/c1-14-3-4-15(11-17(14)24)13-28-7-9-29(10-8-28)21-16(12-25)22(30)27(2)18-5-6-19(23)26-20(18)21/h3-6,11H,7-10,13H2,1-2H3. The average molecular weight is 426 g/mol. The minimum absolute atomic E-state index is 0.0776. The Morgan fingerprint density at radius 1 is 1.20 bits per heavy atom. The van der Waals surface area contributed by atoms with Gasteiger partial charge in [0.2, 0.25) is 0 Å². The number of benzene rings is 1. The summed E-state index contributed by atoms with van der Waals surface area (Å²) in [5.74, 6) is -0.195. The molecule has 6 nitrogen and oxygen atoms in total. The van der Waals surface area contributed by atoms with E-state index >= 15 is 0 Å². The van der Waals surface area contributed by atoms with Gasteiger partial charge in [0.1, 0.15) is 28.1 Å². The number of nitrogens with zero attached hydrogens (tertiary/aromatic N) is 5. The van der Waals surface area contributed by atoms with E-state index in [-0.39, 0.29) is 16.9 Å². The molecule has 30 heavy (non-hydrogen) atoms. The predicted molar refractivity (Wildman–Crippen MR) is 115 cm³/mol. The van der Waals surface area contributed by atoms with Crippen molar-refractivity contribution in [2.75, 3.05) is 31.1 Å². The van der Waals surface area contributed by atoms with Crippen molar-refractivity contribution in [1.29, 1.82) is 5.26 Å². The lowest BCUT2D eigenvalue weighted by atomic mass is 10.1. The summed E-state index contributed by atoms with van der Waals surface area (Å²) >= 11 is 6.12. The van der Waals surface area contributed by atoms with Gasteiger partial charge in [-0.25, -0.2) is 9.37 Å². The molecular formula is C22H21ClFN5O. The summed E-state index contributed by atoms with van der Waals surface area (Å²) in [5.41, 5.74) is 3.02. The van der Waals surface area contributed by atoms with Crippen LogP contribution in [0, 0.1) is 24.1 Å². The van der Waals surface area contributed by atoms with Crippen LogP contribution in [0.1, 0.15) is 16.7 Å². The van der Waals surface area contributed by atoms with Gasteiger partial charge < -0.3 is 9.47 Å². The highest BCUT2D eigenvalue weighted by atomic mass is 35.5. The van der Waals surface area contributed by atoms with E-state index in [4.69, 9.17) is 11.6 Å². The SMILES string of the molecule is Cc1ccc(CN2CCN(c3c(C#N)c(=O)n(C)c4ccc(Cl)nc34)CC2)cc1F. The number of fused-ring (bicyclic) bond motifs is 1. The number of hydrogen-bond acceptors (Lipinski definition) is 5. The minimum Gasteiger partial charge on any atom is -0.366 e. The molecule has 3 aromatic rings. The summed E-state index contributed by atoms with van der Waals surface area (Å²) in [6, 6.07) is 10.8.